The first-order valence-electron chi connectivity index (χ1n) is 6.85. The highest BCUT2D eigenvalue weighted by Crippen LogP contribution is 2.24. The summed E-state index contributed by atoms with van der Waals surface area (Å²) in [6.07, 6.45) is 6.96. The number of aliphatic carboxylic acids is 1. The minimum absolute atomic E-state index is 0.0979. The number of carbonyl (C=O) groups is 2. The Morgan fingerprint density at radius 2 is 2.14 bits per heavy atom. The van der Waals surface area contributed by atoms with Crippen LogP contribution in [0.5, 0.6) is 0 Å². The van der Waals surface area contributed by atoms with Gasteiger partial charge in [0, 0.05) is 31.4 Å². The van der Waals surface area contributed by atoms with E-state index in [4.69, 9.17) is 0 Å². The minimum Gasteiger partial charge on any atom is -0.481 e. The van der Waals surface area contributed by atoms with Crippen molar-refractivity contribution in [1.82, 2.24) is 15.1 Å². The maximum atomic E-state index is 11.7. The molecule has 2 N–H and O–H groups in total. The lowest BCUT2D eigenvalue weighted by molar-refractivity contribution is -0.142. The fourth-order valence-electron chi connectivity index (χ4n) is 1.97. The van der Waals surface area contributed by atoms with Gasteiger partial charge >= 0.3 is 5.97 Å². The molecule has 0 bridgehead atoms. The van der Waals surface area contributed by atoms with Crippen LogP contribution in [0.25, 0.3) is 6.08 Å². The fourth-order valence-corrected chi connectivity index (χ4v) is 1.97. The number of carboxylic acid groups (broad SMARTS) is 1. The van der Waals surface area contributed by atoms with E-state index in [1.54, 1.807) is 30.2 Å². The molecule has 1 aromatic rings. The third-order valence-corrected chi connectivity index (χ3v) is 2.88. The van der Waals surface area contributed by atoms with E-state index in [2.05, 4.69) is 10.4 Å². The van der Waals surface area contributed by atoms with Gasteiger partial charge in [0.15, 0.2) is 0 Å². The van der Waals surface area contributed by atoms with Crippen molar-refractivity contribution in [2.24, 2.45) is 18.4 Å². The Hall–Kier alpha value is -2.11. The molecule has 6 nitrogen and oxygen atoms in total. The zero-order valence-corrected chi connectivity index (χ0v) is 13.0. The zero-order valence-electron chi connectivity index (χ0n) is 13.0. The van der Waals surface area contributed by atoms with Gasteiger partial charge in [0.25, 0.3) is 0 Å². The number of carboxylic acids is 1. The topological polar surface area (TPSA) is 84.2 Å². The molecule has 6 heteroatoms. The molecular formula is C15H23N3O3. The predicted molar refractivity (Wildman–Crippen MR) is 80.4 cm³/mol. The zero-order chi connectivity index (χ0) is 16.0. The summed E-state index contributed by atoms with van der Waals surface area (Å²) in [6.45, 7) is 6.07. The number of rotatable bonds is 6. The van der Waals surface area contributed by atoms with E-state index in [9.17, 15) is 14.7 Å². The molecule has 1 heterocycles. The Morgan fingerprint density at radius 1 is 1.48 bits per heavy atom. The molecule has 0 aromatic carbocycles. The highest BCUT2D eigenvalue weighted by atomic mass is 16.4. The van der Waals surface area contributed by atoms with Crippen molar-refractivity contribution < 1.29 is 14.7 Å². The Labute approximate surface area is 124 Å². The van der Waals surface area contributed by atoms with Gasteiger partial charge in [0.05, 0.1) is 12.1 Å². The van der Waals surface area contributed by atoms with E-state index >= 15 is 0 Å². The van der Waals surface area contributed by atoms with Crippen LogP contribution in [0, 0.1) is 11.3 Å². The van der Waals surface area contributed by atoms with E-state index in [1.165, 1.54) is 6.08 Å². The average molecular weight is 293 g/mol. The summed E-state index contributed by atoms with van der Waals surface area (Å²) >= 11 is 0. The van der Waals surface area contributed by atoms with Gasteiger partial charge < -0.3 is 10.4 Å². The summed E-state index contributed by atoms with van der Waals surface area (Å²) < 4.78 is 1.64. The number of amides is 1. The van der Waals surface area contributed by atoms with Gasteiger partial charge in [-0.25, -0.2) is 0 Å². The third kappa shape index (κ3) is 6.74. The van der Waals surface area contributed by atoms with Gasteiger partial charge in [-0.1, -0.05) is 20.8 Å². The number of nitrogens with one attached hydrogen (secondary N) is 1. The molecule has 0 aliphatic carbocycles. The molecule has 21 heavy (non-hydrogen) atoms. The van der Waals surface area contributed by atoms with E-state index in [0.29, 0.717) is 6.42 Å². The van der Waals surface area contributed by atoms with E-state index < -0.39 is 11.9 Å². The van der Waals surface area contributed by atoms with Gasteiger partial charge in [-0.05, 0) is 17.9 Å². The molecule has 0 aliphatic rings. The van der Waals surface area contributed by atoms with Gasteiger partial charge in [-0.3, -0.25) is 14.3 Å². The first kappa shape index (κ1) is 16.9. The molecule has 1 aromatic heterocycles. The monoisotopic (exact) mass is 293 g/mol. The quantitative estimate of drug-likeness (QED) is 0.782. The summed E-state index contributed by atoms with van der Waals surface area (Å²) in [7, 11) is 1.79. The van der Waals surface area contributed by atoms with Crippen LogP contribution in [0.1, 0.15) is 32.8 Å². The molecule has 1 amide bonds. The van der Waals surface area contributed by atoms with Crippen molar-refractivity contribution in [3.8, 4) is 0 Å². The Kier molecular flexibility index (Phi) is 5.69. The molecule has 1 rings (SSSR count). The summed E-state index contributed by atoms with van der Waals surface area (Å²) in [5.74, 6) is -1.78. The molecule has 1 atom stereocenters. The maximum absolute atomic E-state index is 11.7. The fraction of sp³-hybridized carbons (Fsp3) is 0.533. The van der Waals surface area contributed by atoms with Crippen LogP contribution in [0.3, 0.4) is 0 Å². The first-order valence-corrected chi connectivity index (χ1v) is 6.85. The minimum atomic E-state index is -0.888. The lowest BCUT2D eigenvalue weighted by Crippen LogP contribution is -2.34. The summed E-state index contributed by atoms with van der Waals surface area (Å²) in [6, 6.07) is 0. The van der Waals surface area contributed by atoms with Crippen molar-refractivity contribution in [3.63, 3.8) is 0 Å². The molecule has 0 radical (unpaired) electrons. The summed E-state index contributed by atoms with van der Waals surface area (Å²) in [5.41, 5.74) is 0.719. The Bertz CT molecular complexity index is 527. The molecule has 0 spiro atoms. The van der Waals surface area contributed by atoms with E-state index in [0.717, 1.165) is 5.56 Å². The number of hydrogen-bond donors (Lipinski definition) is 2. The van der Waals surface area contributed by atoms with Crippen molar-refractivity contribution in [2.75, 3.05) is 6.54 Å². The third-order valence-electron chi connectivity index (χ3n) is 2.88. The molecule has 0 saturated heterocycles. The van der Waals surface area contributed by atoms with Crippen LogP contribution in [-0.4, -0.2) is 33.3 Å². The van der Waals surface area contributed by atoms with Crippen LogP contribution in [0.15, 0.2) is 18.5 Å². The molecule has 0 fully saturated rings. The van der Waals surface area contributed by atoms with Crippen LogP contribution < -0.4 is 5.32 Å². The standard InChI is InChI=1S/C15H23N3O3/c1-15(2,3)7-12(14(20)21)9-16-13(19)6-5-11-8-17-18(4)10-11/h5-6,8,10,12H,7,9H2,1-4H3,(H,16,19)(H,20,21)/b6-5+. The Balaban J connectivity index is 2.50. The molecular weight excluding hydrogens is 270 g/mol. The van der Waals surface area contributed by atoms with Gasteiger partial charge in [-0.2, -0.15) is 5.10 Å². The van der Waals surface area contributed by atoms with Gasteiger partial charge in [0.2, 0.25) is 5.91 Å². The normalized spacial score (nSPS) is 13.3. The number of carbonyl (C=O) groups excluding carboxylic acids is 1. The molecule has 1 unspecified atom stereocenters. The summed E-state index contributed by atoms with van der Waals surface area (Å²) in [5, 5.41) is 15.8. The first-order chi connectivity index (χ1) is 9.67. The number of aryl methyl sites for hydroxylation is 1. The molecule has 0 aliphatic heterocycles. The lowest BCUT2D eigenvalue weighted by atomic mass is 9.84. The maximum Gasteiger partial charge on any atom is 0.308 e. The lowest BCUT2D eigenvalue weighted by Gasteiger charge is -2.23. The van der Waals surface area contributed by atoms with Crippen molar-refractivity contribution >= 4 is 18.0 Å². The van der Waals surface area contributed by atoms with Crippen molar-refractivity contribution in [3.05, 3.63) is 24.0 Å². The van der Waals surface area contributed by atoms with Crippen LogP contribution in [0.4, 0.5) is 0 Å². The highest BCUT2D eigenvalue weighted by Gasteiger charge is 2.24. The highest BCUT2D eigenvalue weighted by molar-refractivity contribution is 5.91. The second-order valence-electron chi connectivity index (χ2n) is 6.33. The predicted octanol–water partition coefficient (Wildman–Crippen LogP) is 1.69. The van der Waals surface area contributed by atoms with E-state index in [1.807, 2.05) is 20.8 Å². The van der Waals surface area contributed by atoms with E-state index in [-0.39, 0.29) is 17.9 Å². The Morgan fingerprint density at radius 3 is 2.62 bits per heavy atom. The van der Waals surface area contributed by atoms with Crippen LogP contribution in [-0.2, 0) is 16.6 Å². The molecule has 0 saturated carbocycles. The van der Waals surface area contributed by atoms with Gasteiger partial charge in [0.1, 0.15) is 0 Å². The smallest absolute Gasteiger partial charge is 0.308 e. The number of hydrogen-bond acceptors (Lipinski definition) is 3. The van der Waals surface area contributed by atoms with Gasteiger partial charge in [-0.15, -0.1) is 0 Å². The van der Waals surface area contributed by atoms with Crippen molar-refractivity contribution in [2.45, 2.75) is 27.2 Å². The summed E-state index contributed by atoms with van der Waals surface area (Å²) in [4.78, 5) is 22.9. The number of nitrogens with zero attached hydrogens (tertiary/aromatic N) is 2. The number of aromatic nitrogens is 2. The second-order valence-corrected chi connectivity index (χ2v) is 6.33. The second kappa shape index (κ2) is 7.06. The molecule has 116 valence electrons. The van der Waals surface area contributed by atoms with Crippen molar-refractivity contribution in [1.29, 1.82) is 0 Å². The largest absolute Gasteiger partial charge is 0.481 e. The average Bonchev–Trinajstić information content (AvgIpc) is 2.76. The van der Waals surface area contributed by atoms with Crippen LogP contribution in [0.2, 0.25) is 0 Å². The SMILES string of the molecule is Cn1cc(/C=C/C(=O)NCC(CC(C)(C)C)C(=O)O)cn1. The van der Waals surface area contributed by atoms with Crippen LogP contribution >= 0.6 is 0 Å².